The van der Waals surface area contributed by atoms with Crippen LogP contribution in [0.5, 0.6) is 0 Å². The van der Waals surface area contributed by atoms with E-state index in [0.29, 0.717) is 11.6 Å². The third-order valence-electron chi connectivity index (χ3n) is 2.47. The highest BCUT2D eigenvalue weighted by atomic mass is 19.1. The molecule has 2 nitrogen and oxygen atoms in total. The third-order valence-corrected chi connectivity index (χ3v) is 2.47. The summed E-state index contributed by atoms with van der Waals surface area (Å²) in [7, 11) is 0. The van der Waals surface area contributed by atoms with Crippen molar-refractivity contribution in [1.29, 1.82) is 0 Å². The maximum absolute atomic E-state index is 13.2. The average Bonchev–Trinajstić information content (AvgIpc) is 2.01. The van der Waals surface area contributed by atoms with E-state index in [1.165, 1.54) is 6.07 Å². The van der Waals surface area contributed by atoms with E-state index in [9.17, 15) is 4.39 Å². The van der Waals surface area contributed by atoms with Gasteiger partial charge in [-0.15, -0.1) is 0 Å². The molecular weight excluding hydrogens is 169 g/mol. The summed E-state index contributed by atoms with van der Waals surface area (Å²) in [5.41, 5.74) is 1.34. The molecule has 1 unspecified atom stereocenters. The molecule has 3 heteroatoms. The molecule has 2 rings (SSSR count). The first-order valence-corrected chi connectivity index (χ1v) is 4.44. The highest BCUT2D eigenvalue weighted by Crippen LogP contribution is 2.24. The molecule has 1 fully saturated rings. The first kappa shape index (κ1) is 8.66. The number of hydrogen-bond acceptors (Lipinski definition) is 2. The maximum Gasteiger partial charge on any atom is 0.129 e. The van der Waals surface area contributed by atoms with Crippen LogP contribution in [0.2, 0.25) is 0 Å². The van der Waals surface area contributed by atoms with E-state index in [-0.39, 0.29) is 12.4 Å². The molecule has 1 aromatic carbocycles. The molecule has 0 spiro atoms. The lowest BCUT2D eigenvalue weighted by Crippen LogP contribution is -2.34. The van der Waals surface area contributed by atoms with Gasteiger partial charge in [0.2, 0.25) is 0 Å². The van der Waals surface area contributed by atoms with Crippen molar-refractivity contribution in [2.45, 2.75) is 19.1 Å². The van der Waals surface area contributed by atoms with E-state index in [0.717, 1.165) is 18.5 Å². The number of aliphatic hydroxyl groups excluding tert-OH is 1. The molecule has 1 aliphatic rings. The normalized spacial score (nSPS) is 21.2. The molecule has 0 saturated carbocycles. The zero-order chi connectivity index (χ0) is 9.26. The summed E-state index contributed by atoms with van der Waals surface area (Å²) >= 11 is 0. The van der Waals surface area contributed by atoms with E-state index in [2.05, 4.69) is 5.32 Å². The Balaban J connectivity index is 2.24. The van der Waals surface area contributed by atoms with Crippen molar-refractivity contribution in [1.82, 2.24) is 5.32 Å². The molecule has 1 aromatic rings. The lowest BCUT2D eigenvalue weighted by atomic mass is 9.97. The Morgan fingerprint density at radius 3 is 2.77 bits per heavy atom. The Morgan fingerprint density at radius 2 is 2.31 bits per heavy atom. The zero-order valence-electron chi connectivity index (χ0n) is 7.26. The summed E-state index contributed by atoms with van der Waals surface area (Å²) < 4.78 is 13.2. The third kappa shape index (κ3) is 1.57. The molecule has 0 radical (unpaired) electrons. The lowest BCUT2D eigenvalue weighted by molar-refractivity contribution is 0.275. The van der Waals surface area contributed by atoms with Crippen LogP contribution in [0.15, 0.2) is 18.2 Å². The SMILES string of the molecule is OCc1ccc(C2CCN2)cc1F. The van der Waals surface area contributed by atoms with Crippen molar-refractivity contribution in [3.05, 3.63) is 35.1 Å². The van der Waals surface area contributed by atoms with Crippen LogP contribution < -0.4 is 5.32 Å². The molecule has 0 aromatic heterocycles. The highest BCUT2D eigenvalue weighted by Gasteiger charge is 2.19. The smallest absolute Gasteiger partial charge is 0.129 e. The lowest BCUT2D eigenvalue weighted by Gasteiger charge is -2.28. The van der Waals surface area contributed by atoms with Gasteiger partial charge in [-0.1, -0.05) is 12.1 Å². The minimum absolute atomic E-state index is 0.232. The van der Waals surface area contributed by atoms with Crippen molar-refractivity contribution in [2.24, 2.45) is 0 Å². The molecule has 0 aliphatic carbocycles. The van der Waals surface area contributed by atoms with Gasteiger partial charge in [0.25, 0.3) is 0 Å². The maximum atomic E-state index is 13.2. The van der Waals surface area contributed by atoms with Gasteiger partial charge >= 0.3 is 0 Å². The molecular formula is C10H12FNO. The minimum atomic E-state index is -0.311. The summed E-state index contributed by atoms with van der Waals surface area (Å²) in [5, 5.41) is 12.0. The summed E-state index contributed by atoms with van der Waals surface area (Å²) in [6.07, 6.45) is 1.07. The standard InChI is InChI=1S/C10H12FNO/c11-9-5-7(10-3-4-12-10)1-2-8(9)6-13/h1-2,5,10,12-13H,3-4,6H2. The molecule has 70 valence electrons. The van der Waals surface area contributed by atoms with Gasteiger partial charge in [-0.3, -0.25) is 0 Å². The average molecular weight is 181 g/mol. The number of rotatable bonds is 2. The fourth-order valence-corrected chi connectivity index (χ4v) is 1.48. The van der Waals surface area contributed by atoms with Crippen LogP contribution in [0, 0.1) is 5.82 Å². The van der Waals surface area contributed by atoms with Gasteiger partial charge in [0.05, 0.1) is 6.61 Å². The number of hydrogen-bond donors (Lipinski definition) is 2. The van der Waals surface area contributed by atoms with E-state index in [4.69, 9.17) is 5.11 Å². The van der Waals surface area contributed by atoms with Crippen molar-refractivity contribution in [3.63, 3.8) is 0 Å². The largest absolute Gasteiger partial charge is 0.392 e. The Bertz CT molecular complexity index is 310. The second kappa shape index (κ2) is 3.44. The van der Waals surface area contributed by atoms with Gasteiger partial charge in [0.1, 0.15) is 5.82 Å². The molecule has 1 atom stereocenters. The second-order valence-corrected chi connectivity index (χ2v) is 3.30. The van der Waals surface area contributed by atoms with Crippen LogP contribution in [-0.2, 0) is 6.61 Å². The fraction of sp³-hybridized carbons (Fsp3) is 0.400. The predicted molar refractivity (Wildman–Crippen MR) is 47.7 cm³/mol. The molecule has 2 N–H and O–H groups in total. The van der Waals surface area contributed by atoms with Crippen molar-refractivity contribution < 1.29 is 9.50 Å². The quantitative estimate of drug-likeness (QED) is 0.721. The summed E-state index contributed by atoms with van der Waals surface area (Å²) in [5.74, 6) is -0.311. The van der Waals surface area contributed by atoms with E-state index < -0.39 is 0 Å². The van der Waals surface area contributed by atoms with E-state index >= 15 is 0 Å². The number of halogens is 1. The topological polar surface area (TPSA) is 32.3 Å². The van der Waals surface area contributed by atoms with Crippen molar-refractivity contribution >= 4 is 0 Å². The molecule has 1 aliphatic heterocycles. The van der Waals surface area contributed by atoms with Crippen LogP contribution in [0.25, 0.3) is 0 Å². The van der Waals surface area contributed by atoms with Crippen molar-refractivity contribution in [3.8, 4) is 0 Å². The van der Waals surface area contributed by atoms with Crippen LogP contribution in [-0.4, -0.2) is 11.7 Å². The van der Waals surface area contributed by atoms with Crippen molar-refractivity contribution in [2.75, 3.05) is 6.54 Å². The van der Waals surface area contributed by atoms with Crippen LogP contribution in [0.1, 0.15) is 23.6 Å². The van der Waals surface area contributed by atoms with Gasteiger partial charge in [-0.2, -0.15) is 0 Å². The van der Waals surface area contributed by atoms with Crippen LogP contribution >= 0.6 is 0 Å². The molecule has 0 bridgehead atoms. The zero-order valence-corrected chi connectivity index (χ0v) is 7.26. The molecule has 1 saturated heterocycles. The van der Waals surface area contributed by atoms with Gasteiger partial charge in [-0.25, -0.2) is 4.39 Å². The first-order chi connectivity index (χ1) is 6.31. The predicted octanol–water partition coefficient (Wildman–Crippen LogP) is 1.35. The van der Waals surface area contributed by atoms with E-state index in [1.54, 1.807) is 6.07 Å². The van der Waals surface area contributed by atoms with Gasteiger partial charge in [-0.05, 0) is 24.6 Å². The number of nitrogens with one attached hydrogen (secondary N) is 1. The van der Waals surface area contributed by atoms with Crippen LogP contribution in [0.4, 0.5) is 4.39 Å². The van der Waals surface area contributed by atoms with Crippen LogP contribution in [0.3, 0.4) is 0 Å². The fourth-order valence-electron chi connectivity index (χ4n) is 1.48. The number of benzene rings is 1. The Kier molecular flexibility index (Phi) is 2.29. The summed E-state index contributed by atoms with van der Waals surface area (Å²) in [6.45, 7) is 0.776. The second-order valence-electron chi connectivity index (χ2n) is 3.30. The summed E-state index contributed by atoms with van der Waals surface area (Å²) in [4.78, 5) is 0. The Morgan fingerprint density at radius 1 is 1.54 bits per heavy atom. The Labute approximate surface area is 76.4 Å². The Hall–Kier alpha value is -0.930. The minimum Gasteiger partial charge on any atom is -0.392 e. The summed E-state index contributed by atoms with van der Waals surface area (Å²) in [6, 6.07) is 5.32. The van der Waals surface area contributed by atoms with Gasteiger partial charge < -0.3 is 10.4 Å². The first-order valence-electron chi connectivity index (χ1n) is 4.44. The molecule has 13 heavy (non-hydrogen) atoms. The highest BCUT2D eigenvalue weighted by molar-refractivity contribution is 5.27. The molecule has 0 amide bonds. The monoisotopic (exact) mass is 181 g/mol. The van der Waals surface area contributed by atoms with Gasteiger partial charge in [0, 0.05) is 11.6 Å². The molecule has 1 heterocycles. The van der Waals surface area contributed by atoms with E-state index in [1.807, 2.05) is 6.07 Å². The van der Waals surface area contributed by atoms with Gasteiger partial charge in [0.15, 0.2) is 0 Å². The number of aliphatic hydroxyl groups is 1.